The summed E-state index contributed by atoms with van der Waals surface area (Å²) in [6.45, 7) is 5.97. The van der Waals surface area contributed by atoms with Crippen molar-refractivity contribution in [3.63, 3.8) is 0 Å². The molecule has 3 aromatic carbocycles. The number of thioether (sulfide) groups is 1. The number of hydrogen-bond acceptors (Lipinski definition) is 6. The lowest BCUT2D eigenvalue weighted by molar-refractivity contribution is -0.138. The van der Waals surface area contributed by atoms with Gasteiger partial charge in [-0.2, -0.15) is 0 Å². The number of esters is 1. The molecule has 0 unspecified atom stereocenters. The Kier molecular flexibility index (Phi) is 8.93. The summed E-state index contributed by atoms with van der Waals surface area (Å²) in [5.74, 6) is -0.501. The molecule has 0 fully saturated rings. The third-order valence-corrected chi connectivity index (χ3v) is 10.2. The Morgan fingerprint density at radius 1 is 1.02 bits per heavy atom. The lowest BCUT2D eigenvalue weighted by Gasteiger charge is -2.26. The molecule has 1 aliphatic heterocycles. The van der Waals surface area contributed by atoms with Crippen molar-refractivity contribution < 1.29 is 9.53 Å². The van der Waals surface area contributed by atoms with Crippen LogP contribution >= 0.6 is 46.3 Å². The maximum absolute atomic E-state index is 14.3. The van der Waals surface area contributed by atoms with Crippen molar-refractivity contribution in [1.82, 2.24) is 9.13 Å². The smallest absolute Gasteiger partial charge is 0.338 e. The number of thiazole rings is 1. The number of carbonyl (C=O) groups is 1. The lowest BCUT2D eigenvalue weighted by atomic mass is 9.93. The van der Waals surface area contributed by atoms with Crippen LogP contribution in [0.4, 0.5) is 0 Å². The van der Waals surface area contributed by atoms with Crippen LogP contribution < -0.4 is 14.9 Å². The standard InChI is InChI=1S/C35H29Cl2N3O3S2/c1-5-43-34(42)30-31(22-9-7-6-8-10-22)38-35-40(32(30)23-11-14-26(44-4)15-12-23)33(41)29(45-35)18-24-17-20(2)39(21(24)3)25-13-16-27(36)28(37)19-25/h6-19,32H,5H2,1-4H3/b29-18-/t32-/m0/s1. The topological polar surface area (TPSA) is 65.6 Å². The summed E-state index contributed by atoms with van der Waals surface area (Å²) >= 11 is 15.4. The molecule has 2 aromatic heterocycles. The Balaban J connectivity index is 1.59. The molecule has 0 N–H and O–H groups in total. The van der Waals surface area contributed by atoms with Crippen LogP contribution in [0.3, 0.4) is 0 Å². The van der Waals surface area contributed by atoms with Gasteiger partial charge in [0, 0.05) is 27.5 Å². The molecule has 6 rings (SSSR count). The number of halogens is 2. The van der Waals surface area contributed by atoms with Crippen molar-refractivity contribution in [3.05, 3.63) is 142 Å². The van der Waals surface area contributed by atoms with Gasteiger partial charge in [0.25, 0.3) is 5.56 Å². The van der Waals surface area contributed by atoms with Gasteiger partial charge in [-0.05, 0) is 80.6 Å². The van der Waals surface area contributed by atoms with Gasteiger partial charge < -0.3 is 9.30 Å². The molecule has 0 bridgehead atoms. The zero-order valence-electron chi connectivity index (χ0n) is 25.0. The molecule has 5 aromatic rings. The molecule has 45 heavy (non-hydrogen) atoms. The molecule has 3 heterocycles. The predicted octanol–water partition coefficient (Wildman–Crippen LogP) is 7.37. The van der Waals surface area contributed by atoms with E-state index in [0.717, 1.165) is 38.7 Å². The number of fused-ring (bicyclic) bond motifs is 1. The summed E-state index contributed by atoms with van der Waals surface area (Å²) < 4.78 is 9.78. The molecular weight excluding hydrogens is 645 g/mol. The average molecular weight is 675 g/mol. The van der Waals surface area contributed by atoms with Crippen molar-refractivity contribution in [1.29, 1.82) is 0 Å². The van der Waals surface area contributed by atoms with Gasteiger partial charge >= 0.3 is 5.97 Å². The molecule has 10 heteroatoms. The third-order valence-electron chi connectivity index (χ3n) is 7.72. The monoisotopic (exact) mass is 673 g/mol. The van der Waals surface area contributed by atoms with Gasteiger partial charge in [0.2, 0.25) is 0 Å². The zero-order chi connectivity index (χ0) is 31.8. The van der Waals surface area contributed by atoms with E-state index in [1.54, 1.807) is 29.3 Å². The van der Waals surface area contributed by atoms with E-state index in [0.29, 0.717) is 30.6 Å². The van der Waals surface area contributed by atoms with E-state index in [1.165, 1.54) is 11.3 Å². The number of aryl methyl sites for hydroxylation is 1. The van der Waals surface area contributed by atoms with Gasteiger partial charge in [-0.15, -0.1) is 11.8 Å². The van der Waals surface area contributed by atoms with Crippen LogP contribution in [-0.4, -0.2) is 28.0 Å². The Morgan fingerprint density at radius 3 is 2.42 bits per heavy atom. The van der Waals surface area contributed by atoms with Crippen LogP contribution in [0, 0.1) is 13.8 Å². The highest BCUT2D eigenvalue weighted by Crippen LogP contribution is 2.36. The molecule has 6 nitrogen and oxygen atoms in total. The van der Waals surface area contributed by atoms with Gasteiger partial charge in [0.05, 0.1) is 38.5 Å². The summed E-state index contributed by atoms with van der Waals surface area (Å²) in [4.78, 5) is 34.5. The van der Waals surface area contributed by atoms with E-state index in [1.807, 2.05) is 99.0 Å². The molecule has 1 aliphatic rings. The van der Waals surface area contributed by atoms with Crippen LogP contribution in [-0.2, 0) is 9.53 Å². The van der Waals surface area contributed by atoms with Gasteiger partial charge in [0.1, 0.15) is 0 Å². The van der Waals surface area contributed by atoms with Gasteiger partial charge in [0.15, 0.2) is 4.80 Å². The molecule has 0 aliphatic carbocycles. The Bertz CT molecular complexity index is 2150. The fourth-order valence-electron chi connectivity index (χ4n) is 5.64. The van der Waals surface area contributed by atoms with Crippen molar-refractivity contribution in [3.8, 4) is 5.69 Å². The first-order valence-electron chi connectivity index (χ1n) is 14.3. The summed E-state index contributed by atoms with van der Waals surface area (Å²) in [6, 6.07) is 24.3. The van der Waals surface area contributed by atoms with E-state index >= 15 is 0 Å². The normalized spacial score (nSPS) is 14.8. The SMILES string of the molecule is CCOC(=O)C1=C(c2ccccc2)N=c2s/c(=C\c3cc(C)n(-c4ccc(Cl)c(Cl)c4)c3C)c(=O)n2[C@H]1c1ccc(SC)cc1. The van der Waals surface area contributed by atoms with E-state index < -0.39 is 12.0 Å². The second kappa shape index (κ2) is 12.9. The Hall–Kier alpha value is -3.82. The molecule has 1 atom stereocenters. The number of hydrogen-bond donors (Lipinski definition) is 0. The fourth-order valence-corrected chi connectivity index (χ4v) is 7.33. The van der Waals surface area contributed by atoms with Crippen molar-refractivity contribution in [2.45, 2.75) is 31.7 Å². The van der Waals surface area contributed by atoms with Crippen LogP contribution in [0.1, 0.15) is 41.0 Å². The summed E-state index contributed by atoms with van der Waals surface area (Å²) in [7, 11) is 0. The highest BCUT2D eigenvalue weighted by Gasteiger charge is 2.35. The van der Waals surface area contributed by atoms with E-state index in [-0.39, 0.29) is 12.2 Å². The second-order valence-corrected chi connectivity index (χ2v) is 13.2. The molecule has 0 radical (unpaired) electrons. The number of nitrogens with zero attached hydrogens (tertiary/aromatic N) is 3. The van der Waals surface area contributed by atoms with Crippen LogP contribution in [0.25, 0.3) is 17.5 Å². The number of ether oxygens (including phenoxy) is 1. The average Bonchev–Trinajstić information content (AvgIpc) is 3.51. The van der Waals surface area contributed by atoms with E-state index in [4.69, 9.17) is 32.9 Å². The van der Waals surface area contributed by atoms with Crippen molar-refractivity contribution >= 4 is 64.0 Å². The van der Waals surface area contributed by atoms with Gasteiger partial charge in [-0.25, -0.2) is 9.79 Å². The lowest BCUT2D eigenvalue weighted by Crippen LogP contribution is -2.40. The fraction of sp³-hybridized carbons (Fsp3) is 0.171. The van der Waals surface area contributed by atoms with Crippen LogP contribution in [0.5, 0.6) is 0 Å². The molecular formula is C35H29Cl2N3O3S2. The Morgan fingerprint density at radius 2 is 1.76 bits per heavy atom. The van der Waals surface area contributed by atoms with Crippen molar-refractivity contribution in [2.24, 2.45) is 4.99 Å². The first-order chi connectivity index (χ1) is 21.7. The summed E-state index contributed by atoms with van der Waals surface area (Å²) in [6.07, 6.45) is 3.90. The molecule has 0 amide bonds. The van der Waals surface area contributed by atoms with E-state index in [2.05, 4.69) is 4.57 Å². The minimum Gasteiger partial charge on any atom is -0.463 e. The minimum absolute atomic E-state index is 0.196. The zero-order valence-corrected chi connectivity index (χ0v) is 28.2. The molecule has 0 spiro atoms. The predicted molar refractivity (Wildman–Crippen MR) is 185 cm³/mol. The van der Waals surface area contributed by atoms with Crippen LogP contribution in [0.2, 0.25) is 10.0 Å². The summed E-state index contributed by atoms with van der Waals surface area (Å²) in [5.41, 5.74) is 5.85. The van der Waals surface area contributed by atoms with Gasteiger partial charge in [-0.1, -0.05) is 77.0 Å². The van der Waals surface area contributed by atoms with E-state index in [9.17, 15) is 9.59 Å². The highest BCUT2D eigenvalue weighted by molar-refractivity contribution is 7.98. The third kappa shape index (κ3) is 5.84. The highest BCUT2D eigenvalue weighted by atomic mass is 35.5. The largest absolute Gasteiger partial charge is 0.463 e. The first kappa shape index (κ1) is 31.2. The minimum atomic E-state index is -0.725. The molecule has 228 valence electrons. The number of benzene rings is 3. The van der Waals surface area contributed by atoms with Crippen molar-refractivity contribution in [2.75, 3.05) is 12.9 Å². The Labute approximate surface area is 278 Å². The summed E-state index contributed by atoms with van der Waals surface area (Å²) in [5, 5.41) is 0.952. The maximum Gasteiger partial charge on any atom is 0.338 e. The maximum atomic E-state index is 14.3. The molecule has 0 saturated heterocycles. The molecule has 0 saturated carbocycles. The number of carbonyl (C=O) groups excluding carboxylic acids is 1. The van der Waals surface area contributed by atoms with Gasteiger partial charge in [-0.3, -0.25) is 9.36 Å². The van der Waals surface area contributed by atoms with Crippen LogP contribution in [0.15, 0.2) is 99.1 Å². The quantitative estimate of drug-likeness (QED) is 0.134. The first-order valence-corrected chi connectivity index (χ1v) is 17.1. The number of rotatable bonds is 7. The number of aromatic nitrogens is 2. The second-order valence-electron chi connectivity index (χ2n) is 10.5.